The number of nitrogens with zero attached hydrogens (tertiary/aromatic N) is 2. The summed E-state index contributed by atoms with van der Waals surface area (Å²) in [5.41, 5.74) is 6.67. The second-order valence-corrected chi connectivity index (χ2v) is 4.46. The summed E-state index contributed by atoms with van der Waals surface area (Å²) in [6.07, 6.45) is 4.87. The Hall–Kier alpha value is -1.85. The predicted molar refractivity (Wildman–Crippen MR) is 70.1 cm³/mol. The fourth-order valence-corrected chi connectivity index (χ4v) is 1.75. The van der Waals surface area contributed by atoms with E-state index in [0.29, 0.717) is 24.8 Å². The first-order chi connectivity index (χ1) is 8.70. The molecule has 0 saturated heterocycles. The van der Waals surface area contributed by atoms with Gasteiger partial charge in [-0.25, -0.2) is 9.97 Å². The van der Waals surface area contributed by atoms with Crippen LogP contribution in [0.2, 0.25) is 0 Å². The van der Waals surface area contributed by atoms with Gasteiger partial charge in [-0.2, -0.15) is 0 Å². The summed E-state index contributed by atoms with van der Waals surface area (Å²) >= 11 is 0. The van der Waals surface area contributed by atoms with E-state index in [1.54, 1.807) is 0 Å². The van der Waals surface area contributed by atoms with Crippen LogP contribution in [-0.2, 0) is 11.2 Å². The minimum atomic E-state index is 0.0880. The van der Waals surface area contributed by atoms with Gasteiger partial charge in [-0.05, 0) is 19.3 Å². The summed E-state index contributed by atoms with van der Waals surface area (Å²) < 4.78 is 0. The lowest BCUT2D eigenvalue weighted by atomic mass is 10.2. The molecule has 1 aliphatic carbocycles. The van der Waals surface area contributed by atoms with E-state index in [0.717, 1.165) is 30.6 Å². The zero-order valence-electron chi connectivity index (χ0n) is 10.6. The molecule has 98 valence electrons. The summed E-state index contributed by atoms with van der Waals surface area (Å²) in [4.78, 5) is 19.6. The first-order valence-corrected chi connectivity index (χ1v) is 6.33. The maximum absolute atomic E-state index is 11.5. The molecule has 1 aromatic rings. The number of nitrogens with two attached hydrogens (primary N) is 1. The van der Waals surface area contributed by atoms with Crippen LogP contribution in [-0.4, -0.2) is 28.5 Å². The molecule has 1 amide bonds. The predicted octanol–water partition coefficient (Wildman–Crippen LogP) is 0.702. The van der Waals surface area contributed by atoms with Gasteiger partial charge in [-0.15, -0.1) is 0 Å². The highest BCUT2D eigenvalue weighted by atomic mass is 16.1. The van der Waals surface area contributed by atoms with Crippen LogP contribution in [0.5, 0.6) is 0 Å². The van der Waals surface area contributed by atoms with Crippen molar-refractivity contribution < 1.29 is 4.79 Å². The summed E-state index contributed by atoms with van der Waals surface area (Å²) in [5, 5.41) is 6.08. The van der Waals surface area contributed by atoms with E-state index >= 15 is 0 Å². The number of amides is 1. The number of hydrogen-bond acceptors (Lipinski definition) is 5. The molecule has 1 fully saturated rings. The Morgan fingerprint density at radius 3 is 2.94 bits per heavy atom. The van der Waals surface area contributed by atoms with Crippen molar-refractivity contribution in [1.82, 2.24) is 15.3 Å². The van der Waals surface area contributed by atoms with Crippen molar-refractivity contribution >= 4 is 17.5 Å². The number of rotatable bonds is 6. The fraction of sp³-hybridized carbons (Fsp3) is 0.583. The van der Waals surface area contributed by atoms with E-state index < -0.39 is 0 Å². The molecule has 0 radical (unpaired) electrons. The molecule has 1 aromatic heterocycles. The summed E-state index contributed by atoms with van der Waals surface area (Å²) in [5.74, 6) is 1.31. The second-order valence-electron chi connectivity index (χ2n) is 4.46. The molecule has 2 rings (SSSR count). The van der Waals surface area contributed by atoms with Gasteiger partial charge in [0.15, 0.2) is 0 Å². The minimum absolute atomic E-state index is 0.0880. The third-order valence-electron chi connectivity index (χ3n) is 2.92. The quantitative estimate of drug-likeness (QED) is 0.690. The number of hydrogen-bond donors (Lipinski definition) is 3. The normalized spacial score (nSPS) is 14.3. The molecule has 0 atom stereocenters. The Morgan fingerprint density at radius 2 is 2.28 bits per heavy atom. The van der Waals surface area contributed by atoms with E-state index in [1.165, 1.54) is 6.33 Å². The van der Waals surface area contributed by atoms with Gasteiger partial charge in [0.2, 0.25) is 5.91 Å². The Kier molecular flexibility index (Phi) is 3.96. The molecule has 0 aromatic carbocycles. The van der Waals surface area contributed by atoms with Crippen LogP contribution in [0.1, 0.15) is 31.7 Å². The number of nitrogens with one attached hydrogen (secondary N) is 2. The van der Waals surface area contributed by atoms with Crippen LogP contribution in [0, 0.1) is 0 Å². The maximum Gasteiger partial charge on any atom is 0.221 e. The number of carbonyl (C=O) groups excluding carboxylic acids is 1. The summed E-state index contributed by atoms with van der Waals surface area (Å²) in [7, 11) is 0. The molecule has 0 bridgehead atoms. The van der Waals surface area contributed by atoms with E-state index in [1.807, 2.05) is 6.92 Å². The van der Waals surface area contributed by atoms with Crippen molar-refractivity contribution in [1.29, 1.82) is 0 Å². The molecule has 6 heteroatoms. The number of anilines is 2. The van der Waals surface area contributed by atoms with Crippen LogP contribution < -0.4 is 16.4 Å². The van der Waals surface area contributed by atoms with Crippen molar-refractivity contribution in [3.05, 3.63) is 11.9 Å². The van der Waals surface area contributed by atoms with E-state index in [-0.39, 0.29) is 5.91 Å². The van der Waals surface area contributed by atoms with Crippen molar-refractivity contribution in [3.63, 3.8) is 0 Å². The van der Waals surface area contributed by atoms with E-state index in [4.69, 9.17) is 5.73 Å². The SMILES string of the molecule is CCc1c(N)ncnc1NCCC(=O)NC1CC1. The third kappa shape index (κ3) is 3.32. The summed E-state index contributed by atoms with van der Waals surface area (Å²) in [6, 6.07) is 0.415. The van der Waals surface area contributed by atoms with Gasteiger partial charge in [0.25, 0.3) is 0 Å². The lowest BCUT2D eigenvalue weighted by Crippen LogP contribution is -2.27. The zero-order chi connectivity index (χ0) is 13.0. The highest BCUT2D eigenvalue weighted by Crippen LogP contribution is 2.19. The van der Waals surface area contributed by atoms with Crippen LogP contribution in [0.15, 0.2) is 6.33 Å². The third-order valence-corrected chi connectivity index (χ3v) is 2.92. The molecular weight excluding hydrogens is 230 g/mol. The van der Waals surface area contributed by atoms with E-state index in [2.05, 4.69) is 20.6 Å². The minimum Gasteiger partial charge on any atom is -0.383 e. The summed E-state index contributed by atoms with van der Waals surface area (Å²) in [6.45, 7) is 2.56. The Balaban J connectivity index is 1.82. The lowest BCUT2D eigenvalue weighted by Gasteiger charge is -2.10. The molecule has 1 heterocycles. The van der Waals surface area contributed by atoms with Crippen LogP contribution in [0.25, 0.3) is 0 Å². The standard InChI is InChI=1S/C12H19N5O/c1-2-9-11(13)15-7-16-12(9)14-6-5-10(18)17-8-3-4-8/h7-8H,2-6H2,1H3,(H,17,18)(H3,13,14,15,16). The Morgan fingerprint density at radius 1 is 1.50 bits per heavy atom. The molecule has 1 saturated carbocycles. The average molecular weight is 249 g/mol. The topological polar surface area (TPSA) is 92.9 Å². The molecule has 6 nitrogen and oxygen atoms in total. The van der Waals surface area contributed by atoms with Crippen LogP contribution in [0.4, 0.5) is 11.6 Å². The number of aromatic nitrogens is 2. The van der Waals surface area contributed by atoms with Gasteiger partial charge in [0.05, 0.1) is 0 Å². The zero-order valence-corrected chi connectivity index (χ0v) is 10.6. The first-order valence-electron chi connectivity index (χ1n) is 6.33. The fourth-order valence-electron chi connectivity index (χ4n) is 1.75. The van der Waals surface area contributed by atoms with Gasteiger partial charge in [-0.1, -0.05) is 6.92 Å². The van der Waals surface area contributed by atoms with Gasteiger partial charge in [-0.3, -0.25) is 4.79 Å². The van der Waals surface area contributed by atoms with Crippen LogP contribution in [0.3, 0.4) is 0 Å². The Labute approximate surface area is 106 Å². The molecule has 4 N–H and O–H groups in total. The van der Waals surface area contributed by atoms with Gasteiger partial charge in [0.1, 0.15) is 18.0 Å². The highest BCUT2D eigenvalue weighted by molar-refractivity contribution is 5.77. The molecular formula is C12H19N5O. The largest absolute Gasteiger partial charge is 0.383 e. The van der Waals surface area contributed by atoms with Crippen molar-refractivity contribution in [3.8, 4) is 0 Å². The van der Waals surface area contributed by atoms with Gasteiger partial charge >= 0.3 is 0 Å². The van der Waals surface area contributed by atoms with Crippen molar-refractivity contribution in [2.24, 2.45) is 0 Å². The molecule has 0 spiro atoms. The Bertz CT molecular complexity index is 430. The van der Waals surface area contributed by atoms with Crippen LogP contribution >= 0.6 is 0 Å². The number of carbonyl (C=O) groups is 1. The molecule has 0 aliphatic heterocycles. The molecule has 0 unspecified atom stereocenters. The second kappa shape index (κ2) is 5.66. The highest BCUT2D eigenvalue weighted by Gasteiger charge is 2.22. The van der Waals surface area contributed by atoms with Gasteiger partial charge < -0.3 is 16.4 Å². The molecule has 1 aliphatic rings. The number of nitrogen functional groups attached to an aromatic ring is 1. The van der Waals surface area contributed by atoms with Crippen molar-refractivity contribution in [2.45, 2.75) is 38.6 Å². The first kappa shape index (κ1) is 12.6. The lowest BCUT2D eigenvalue weighted by molar-refractivity contribution is -0.120. The monoisotopic (exact) mass is 249 g/mol. The average Bonchev–Trinajstić information content (AvgIpc) is 3.13. The van der Waals surface area contributed by atoms with Gasteiger partial charge in [0, 0.05) is 24.6 Å². The smallest absolute Gasteiger partial charge is 0.221 e. The van der Waals surface area contributed by atoms with Crippen molar-refractivity contribution in [2.75, 3.05) is 17.6 Å². The molecule has 18 heavy (non-hydrogen) atoms. The van der Waals surface area contributed by atoms with E-state index in [9.17, 15) is 4.79 Å². The maximum atomic E-state index is 11.5.